The lowest BCUT2D eigenvalue weighted by molar-refractivity contribution is -0.169. The van der Waals surface area contributed by atoms with E-state index in [1.165, 1.54) is 20.8 Å². The molecule has 3 atom stereocenters. The third kappa shape index (κ3) is 4.87. The van der Waals surface area contributed by atoms with Crippen LogP contribution in [0.15, 0.2) is 0 Å². The fraction of sp³-hybridized carbons (Fsp3) is 0.667. The van der Waals surface area contributed by atoms with Gasteiger partial charge < -0.3 is 18.9 Å². The molecule has 0 amide bonds. The van der Waals surface area contributed by atoms with Gasteiger partial charge in [0.2, 0.25) is 6.10 Å². The highest BCUT2D eigenvalue weighted by molar-refractivity contribution is 5.80. The van der Waals surface area contributed by atoms with Crippen molar-refractivity contribution < 1.29 is 38.1 Å². The van der Waals surface area contributed by atoms with E-state index in [0.29, 0.717) is 0 Å². The van der Waals surface area contributed by atoms with E-state index in [1.807, 2.05) is 0 Å². The van der Waals surface area contributed by atoms with E-state index in [9.17, 15) is 19.2 Å². The van der Waals surface area contributed by atoms with Crippen molar-refractivity contribution in [3.8, 4) is 0 Å². The number of carbonyl (C=O) groups excluding carboxylic acids is 4. The Labute approximate surface area is 115 Å². The Bertz CT molecular complexity index is 416. The first-order valence-corrected chi connectivity index (χ1v) is 5.98. The van der Waals surface area contributed by atoms with Crippen molar-refractivity contribution in [1.82, 2.24) is 0 Å². The van der Waals surface area contributed by atoms with Crippen LogP contribution in [-0.2, 0) is 38.1 Å². The highest BCUT2D eigenvalue weighted by Crippen LogP contribution is 2.23. The minimum atomic E-state index is -1.03. The number of cyclic esters (lactones) is 1. The normalized spacial score (nSPS) is 22.6. The Morgan fingerprint density at radius 3 is 2.35 bits per heavy atom. The summed E-state index contributed by atoms with van der Waals surface area (Å²) in [5.41, 5.74) is 0. The fourth-order valence-corrected chi connectivity index (χ4v) is 1.73. The predicted octanol–water partition coefficient (Wildman–Crippen LogP) is -0.272. The first kappa shape index (κ1) is 15.9. The second-order valence-corrected chi connectivity index (χ2v) is 4.26. The molecule has 0 radical (unpaired) electrons. The van der Waals surface area contributed by atoms with Gasteiger partial charge in [0.05, 0.1) is 0 Å². The van der Waals surface area contributed by atoms with Crippen LogP contribution in [0.3, 0.4) is 0 Å². The molecule has 112 valence electrons. The number of rotatable bonds is 5. The molecule has 1 heterocycles. The van der Waals surface area contributed by atoms with Crippen molar-refractivity contribution in [1.29, 1.82) is 0 Å². The molecule has 1 aliphatic rings. The number of esters is 4. The maximum Gasteiger partial charge on any atom is 0.348 e. The SMILES string of the molecule is CC(=O)OC[C@H](OC(C)=O)[C@H]1C[C@H](OC(C)=O)C(=O)O1. The molecule has 0 spiro atoms. The standard InChI is InChI=1S/C12H16O8/c1-6(13)17-5-11(19-8(3)15)9-4-10(12(16)20-9)18-7(2)14/h9-11H,4-5H2,1-3H3/t9-,10+,11+/m1/s1. The Kier molecular flexibility index (Phi) is 5.48. The third-order valence-electron chi connectivity index (χ3n) is 2.47. The largest absolute Gasteiger partial charge is 0.462 e. The minimum Gasteiger partial charge on any atom is -0.462 e. The molecule has 8 nitrogen and oxygen atoms in total. The quantitative estimate of drug-likeness (QED) is 0.502. The molecule has 0 unspecified atom stereocenters. The summed E-state index contributed by atoms with van der Waals surface area (Å²) < 4.78 is 19.5. The molecular weight excluding hydrogens is 272 g/mol. The number of carbonyl (C=O) groups is 4. The van der Waals surface area contributed by atoms with Crippen LogP contribution >= 0.6 is 0 Å². The molecule has 1 fully saturated rings. The van der Waals surface area contributed by atoms with E-state index >= 15 is 0 Å². The summed E-state index contributed by atoms with van der Waals surface area (Å²) in [7, 11) is 0. The van der Waals surface area contributed by atoms with Gasteiger partial charge in [0.15, 0.2) is 6.10 Å². The second-order valence-electron chi connectivity index (χ2n) is 4.26. The average molecular weight is 288 g/mol. The van der Waals surface area contributed by atoms with Crippen LogP contribution < -0.4 is 0 Å². The Morgan fingerprint density at radius 1 is 1.20 bits per heavy atom. The van der Waals surface area contributed by atoms with Crippen molar-refractivity contribution in [2.45, 2.75) is 45.5 Å². The smallest absolute Gasteiger partial charge is 0.348 e. The lowest BCUT2D eigenvalue weighted by Gasteiger charge is -2.21. The van der Waals surface area contributed by atoms with Crippen molar-refractivity contribution in [3.05, 3.63) is 0 Å². The molecule has 0 aromatic carbocycles. The summed E-state index contributed by atoms with van der Waals surface area (Å²) >= 11 is 0. The lowest BCUT2D eigenvalue weighted by atomic mass is 10.1. The van der Waals surface area contributed by atoms with Gasteiger partial charge in [-0.05, 0) is 0 Å². The van der Waals surface area contributed by atoms with Crippen LogP contribution in [-0.4, -0.2) is 48.8 Å². The molecule has 1 rings (SSSR count). The first-order chi connectivity index (χ1) is 9.29. The molecule has 0 saturated carbocycles. The molecule has 8 heteroatoms. The van der Waals surface area contributed by atoms with Gasteiger partial charge in [0.1, 0.15) is 12.7 Å². The highest BCUT2D eigenvalue weighted by Gasteiger charge is 2.42. The van der Waals surface area contributed by atoms with Crippen molar-refractivity contribution in [3.63, 3.8) is 0 Å². The lowest BCUT2D eigenvalue weighted by Crippen LogP contribution is -2.35. The molecule has 20 heavy (non-hydrogen) atoms. The first-order valence-electron chi connectivity index (χ1n) is 5.98. The van der Waals surface area contributed by atoms with Crippen molar-refractivity contribution >= 4 is 23.9 Å². The van der Waals surface area contributed by atoms with E-state index in [2.05, 4.69) is 0 Å². The zero-order valence-corrected chi connectivity index (χ0v) is 11.4. The summed E-state index contributed by atoms with van der Waals surface area (Å²) in [6.07, 6.45) is -2.75. The number of ether oxygens (including phenoxy) is 4. The van der Waals surface area contributed by atoms with E-state index in [1.54, 1.807) is 0 Å². The van der Waals surface area contributed by atoms with Gasteiger partial charge in [-0.1, -0.05) is 0 Å². The van der Waals surface area contributed by atoms with Crippen LogP contribution in [0, 0.1) is 0 Å². The van der Waals surface area contributed by atoms with Crippen LogP contribution in [0.1, 0.15) is 27.2 Å². The molecule has 0 aromatic rings. The van der Waals surface area contributed by atoms with E-state index in [0.717, 1.165) is 0 Å². The molecule has 1 saturated heterocycles. The minimum absolute atomic E-state index is 0.0393. The molecule has 0 bridgehead atoms. The van der Waals surface area contributed by atoms with Crippen LogP contribution in [0.25, 0.3) is 0 Å². The topological polar surface area (TPSA) is 105 Å². The molecule has 0 aromatic heterocycles. The van der Waals surface area contributed by atoms with Gasteiger partial charge in [-0.3, -0.25) is 14.4 Å². The van der Waals surface area contributed by atoms with Crippen LogP contribution in [0.2, 0.25) is 0 Å². The Hall–Kier alpha value is -2.12. The fourth-order valence-electron chi connectivity index (χ4n) is 1.73. The maximum atomic E-state index is 11.5. The van der Waals surface area contributed by atoms with Gasteiger partial charge >= 0.3 is 23.9 Å². The predicted molar refractivity (Wildman–Crippen MR) is 62.2 cm³/mol. The van der Waals surface area contributed by atoms with E-state index in [4.69, 9.17) is 18.9 Å². The zero-order valence-electron chi connectivity index (χ0n) is 11.4. The number of hydrogen-bond donors (Lipinski definition) is 0. The second kappa shape index (κ2) is 6.88. The summed E-state index contributed by atoms with van der Waals surface area (Å²) in [6.45, 7) is 3.32. The van der Waals surface area contributed by atoms with Crippen LogP contribution in [0.4, 0.5) is 0 Å². The Morgan fingerprint density at radius 2 is 1.85 bits per heavy atom. The van der Waals surface area contributed by atoms with Gasteiger partial charge in [0.25, 0.3) is 0 Å². The average Bonchev–Trinajstić information content (AvgIpc) is 2.64. The zero-order chi connectivity index (χ0) is 15.3. The Balaban J connectivity index is 2.66. The van der Waals surface area contributed by atoms with Gasteiger partial charge in [-0.25, -0.2) is 4.79 Å². The molecular formula is C12H16O8. The van der Waals surface area contributed by atoms with Crippen molar-refractivity contribution in [2.75, 3.05) is 6.61 Å². The monoisotopic (exact) mass is 288 g/mol. The van der Waals surface area contributed by atoms with Gasteiger partial charge in [-0.15, -0.1) is 0 Å². The van der Waals surface area contributed by atoms with E-state index < -0.39 is 42.2 Å². The van der Waals surface area contributed by atoms with Crippen LogP contribution in [0.5, 0.6) is 0 Å². The summed E-state index contributed by atoms with van der Waals surface area (Å²) in [4.78, 5) is 44.1. The summed E-state index contributed by atoms with van der Waals surface area (Å²) in [5.74, 6) is -2.49. The molecule has 0 N–H and O–H groups in total. The van der Waals surface area contributed by atoms with Crippen molar-refractivity contribution in [2.24, 2.45) is 0 Å². The molecule has 1 aliphatic heterocycles. The van der Waals surface area contributed by atoms with Gasteiger partial charge in [0, 0.05) is 27.2 Å². The van der Waals surface area contributed by atoms with Gasteiger partial charge in [-0.2, -0.15) is 0 Å². The van der Waals surface area contributed by atoms with E-state index in [-0.39, 0.29) is 13.0 Å². The molecule has 0 aliphatic carbocycles. The third-order valence-corrected chi connectivity index (χ3v) is 2.47. The highest BCUT2D eigenvalue weighted by atomic mass is 16.6. The number of hydrogen-bond acceptors (Lipinski definition) is 8. The summed E-state index contributed by atoms with van der Waals surface area (Å²) in [5, 5.41) is 0. The maximum absolute atomic E-state index is 11.5. The summed E-state index contributed by atoms with van der Waals surface area (Å²) in [6, 6.07) is 0.